The summed E-state index contributed by atoms with van der Waals surface area (Å²) in [5.41, 5.74) is 3.89. The number of halogens is 1. The smallest absolute Gasteiger partial charge is 0.257 e. The number of ketones is 1. The SMILES string of the molecule is CCc1ccn2c(C(C)=O)cc(C(=O)Nc3cc(COC4CCCCO4)cc(-c4cnn(C)c4)c3F)c2c1. The predicted molar refractivity (Wildman–Crippen MR) is 142 cm³/mol. The van der Waals surface area contributed by atoms with E-state index in [1.165, 1.54) is 6.92 Å². The van der Waals surface area contributed by atoms with Crippen LogP contribution in [0.5, 0.6) is 0 Å². The summed E-state index contributed by atoms with van der Waals surface area (Å²) in [6, 6.07) is 8.64. The van der Waals surface area contributed by atoms with E-state index in [0.717, 1.165) is 31.2 Å². The third-order valence-corrected chi connectivity index (χ3v) is 6.82. The lowest BCUT2D eigenvalue weighted by Gasteiger charge is -2.23. The number of rotatable bonds is 8. The molecule has 0 radical (unpaired) electrons. The summed E-state index contributed by atoms with van der Waals surface area (Å²) >= 11 is 0. The van der Waals surface area contributed by atoms with Crippen LogP contribution in [0.15, 0.2) is 48.9 Å². The van der Waals surface area contributed by atoms with Crippen molar-refractivity contribution in [3.05, 3.63) is 77.1 Å². The second kappa shape index (κ2) is 10.9. The van der Waals surface area contributed by atoms with E-state index >= 15 is 4.39 Å². The minimum Gasteiger partial charge on any atom is -0.353 e. The first-order valence-electron chi connectivity index (χ1n) is 12.8. The zero-order chi connectivity index (χ0) is 26.8. The average molecular weight is 519 g/mol. The highest BCUT2D eigenvalue weighted by Gasteiger charge is 2.22. The van der Waals surface area contributed by atoms with E-state index in [-0.39, 0.29) is 24.4 Å². The molecular formula is C29H31FN4O4. The van der Waals surface area contributed by atoms with Crippen molar-refractivity contribution in [2.45, 2.75) is 52.4 Å². The second-order valence-electron chi connectivity index (χ2n) is 9.61. The van der Waals surface area contributed by atoms with Crippen molar-refractivity contribution < 1.29 is 23.5 Å². The van der Waals surface area contributed by atoms with Crippen molar-refractivity contribution in [2.24, 2.45) is 7.05 Å². The number of aromatic nitrogens is 3. The molecule has 1 aliphatic heterocycles. The van der Waals surface area contributed by atoms with Crippen molar-refractivity contribution >= 4 is 22.9 Å². The Morgan fingerprint density at radius 1 is 1.21 bits per heavy atom. The zero-order valence-electron chi connectivity index (χ0n) is 21.8. The molecule has 1 fully saturated rings. The lowest BCUT2D eigenvalue weighted by atomic mass is 10.0. The average Bonchev–Trinajstić information content (AvgIpc) is 3.53. The number of carbonyl (C=O) groups is 2. The number of fused-ring (bicyclic) bond motifs is 1. The zero-order valence-corrected chi connectivity index (χ0v) is 21.8. The normalized spacial score (nSPS) is 15.6. The maximum absolute atomic E-state index is 15.8. The van der Waals surface area contributed by atoms with Crippen LogP contribution in [0, 0.1) is 5.82 Å². The first-order chi connectivity index (χ1) is 18.3. The number of hydrogen-bond acceptors (Lipinski definition) is 5. The molecule has 1 aliphatic rings. The van der Waals surface area contributed by atoms with E-state index in [2.05, 4.69) is 10.4 Å². The monoisotopic (exact) mass is 518 g/mol. The van der Waals surface area contributed by atoms with Crippen LogP contribution >= 0.6 is 0 Å². The number of nitrogens with zero attached hydrogens (tertiary/aromatic N) is 3. The highest BCUT2D eigenvalue weighted by Crippen LogP contribution is 2.31. The first kappa shape index (κ1) is 25.8. The van der Waals surface area contributed by atoms with Gasteiger partial charge in [0.15, 0.2) is 17.9 Å². The van der Waals surface area contributed by atoms with Crippen molar-refractivity contribution in [1.29, 1.82) is 0 Å². The van der Waals surface area contributed by atoms with Crippen LogP contribution in [0.4, 0.5) is 10.1 Å². The highest BCUT2D eigenvalue weighted by molar-refractivity contribution is 6.11. The van der Waals surface area contributed by atoms with Gasteiger partial charge < -0.3 is 19.2 Å². The Hall–Kier alpha value is -3.82. The fraction of sp³-hybridized carbons (Fsp3) is 0.345. The van der Waals surface area contributed by atoms with Gasteiger partial charge in [0.1, 0.15) is 0 Å². The number of ether oxygens (including phenoxy) is 2. The molecule has 198 valence electrons. The topological polar surface area (TPSA) is 86.9 Å². The van der Waals surface area contributed by atoms with Gasteiger partial charge in [0.05, 0.1) is 35.3 Å². The molecule has 1 aromatic carbocycles. The van der Waals surface area contributed by atoms with E-state index in [1.54, 1.807) is 52.9 Å². The molecule has 3 aromatic heterocycles. The van der Waals surface area contributed by atoms with Gasteiger partial charge >= 0.3 is 0 Å². The first-order valence-corrected chi connectivity index (χ1v) is 12.8. The Kier molecular flexibility index (Phi) is 7.40. The predicted octanol–water partition coefficient (Wildman–Crippen LogP) is 5.54. The minimum atomic E-state index is -0.575. The van der Waals surface area contributed by atoms with Crippen molar-refractivity contribution in [3.8, 4) is 11.1 Å². The molecule has 1 atom stereocenters. The number of nitrogens with one attached hydrogen (secondary N) is 1. The summed E-state index contributed by atoms with van der Waals surface area (Å²) in [7, 11) is 1.76. The van der Waals surface area contributed by atoms with Crippen LogP contribution < -0.4 is 5.32 Å². The van der Waals surface area contributed by atoms with Gasteiger partial charge in [0.2, 0.25) is 0 Å². The van der Waals surface area contributed by atoms with E-state index in [4.69, 9.17) is 9.47 Å². The second-order valence-corrected chi connectivity index (χ2v) is 9.61. The fourth-order valence-corrected chi connectivity index (χ4v) is 4.77. The van der Waals surface area contributed by atoms with Gasteiger partial charge in [-0.05, 0) is 67.1 Å². The van der Waals surface area contributed by atoms with Crippen LogP contribution in [-0.2, 0) is 29.5 Å². The number of pyridine rings is 1. The van der Waals surface area contributed by atoms with Crippen LogP contribution in [0.3, 0.4) is 0 Å². The lowest BCUT2D eigenvalue weighted by molar-refractivity contribution is -0.168. The third kappa shape index (κ3) is 5.25. The number of amides is 1. The molecule has 4 heterocycles. The number of Topliss-reactive ketones (excluding diaryl/α,β-unsaturated/α-hetero) is 1. The van der Waals surface area contributed by atoms with Gasteiger partial charge in [-0.2, -0.15) is 5.10 Å². The number of benzene rings is 1. The molecule has 1 unspecified atom stereocenters. The summed E-state index contributed by atoms with van der Waals surface area (Å²) in [6.45, 7) is 4.33. The Balaban J connectivity index is 1.51. The van der Waals surface area contributed by atoms with E-state index in [0.29, 0.717) is 40.1 Å². The maximum atomic E-state index is 15.8. The van der Waals surface area contributed by atoms with Gasteiger partial charge in [-0.15, -0.1) is 0 Å². The van der Waals surface area contributed by atoms with Gasteiger partial charge in [-0.1, -0.05) is 6.92 Å². The fourth-order valence-electron chi connectivity index (χ4n) is 4.77. The van der Waals surface area contributed by atoms with Gasteiger partial charge in [0, 0.05) is 44.1 Å². The Labute approximate surface area is 220 Å². The van der Waals surface area contributed by atoms with Gasteiger partial charge in [-0.3, -0.25) is 14.3 Å². The standard InChI is InChI=1S/C29H31FN4O4/c1-4-19-8-9-34-25(18(2)35)14-23(26(34)13-19)29(36)32-24-12-20(17-38-27-7-5-6-10-37-27)11-22(28(24)30)21-15-31-33(3)16-21/h8-9,11-16,27H,4-7,10,17H2,1-3H3,(H,32,36). The van der Waals surface area contributed by atoms with Crippen molar-refractivity contribution in [3.63, 3.8) is 0 Å². The Morgan fingerprint density at radius 3 is 2.74 bits per heavy atom. The van der Waals surface area contributed by atoms with Gasteiger partial charge in [-0.25, -0.2) is 4.39 Å². The Morgan fingerprint density at radius 2 is 2.05 bits per heavy atom. The molecule has 0 spiro atoms. The Bertz CT molecular complexity index is 1500. The number of carbonyl (C=O) groups excluding carboxylic acids is 2. The molecule has 38 heavy (non-hydrogen) atoms. The summed E-state index contributed by atoms with van der Waals surface area (Å²) in [5, 5.41) is 6.92. The third-order valence-electron chi connectivity index (χ3n) is 6.82. The van der Waals surface area contributed by atoms with Crippen LogP contribution in [0.1, 0.15) is 65.1 Å². The molecule has 9 heteroatoms. The molecular weight excluding hydrogens is 487 g/mol. The van der Waals surface area contributed by atoms with Crippen LogP contribution in [0.25, 0.3) is 16.6 Å². The summed E-state index contributed by atoms with van der Waals surface area (Å²) in [4.78, 5) is 25.8. The molecule has 0 aliphatic carbocycles. The summed E-state index contributed by atoms with van der Waals surface area (Å²) in [6.07, 6.45) is 8.39. The molecule has 1 amide bonds. The minimum absolute atomic E-state index is 0.0230. The quantitative estimate of drug-likeness (QED) is 0.310. The molecule has 8 nitrogen and oxygen atoms in total. The van der Waals surface area contributed by atoms with E-state index < -0.39 is 11.7 Å². The van der Waals surface area contributed by atoms with Crippen LogP contribution in [0.2, 0.25) is 0 Å². The summed E-state index contributed by atoms with van der Waals surface area (Å²) < 4.78 is 30.7. The molecule has 0 bridgehead atoms. The molecule has 4 aromatic rings. The van der Waals surface area contributed by atoms with Crippen molar-refractivity contribution in [1.82, 2.24) is 14.2 Å². The number of aryl methyl sites for hydroxylation is 2. The van der Waals surface area contributed by atoms with Gasteiger partial charge in [0.25, 0.3) is 5.91 Å². The molecule has 0 saturated carbocycles. The maximum Gasteiger partial charge on any atom is 0.257 e. The largest absolute Gasteiger partial charge is 0.353 e. The van der Waals surface area contributed by atoms with Crippen molar-refractivity contribution in [2.75, 3.05) is 11.9 Å². The van der Waals surface area contributed by atoms with E-state index in [9.17, 15) is 9.59 Å². The highest BCUT2D eigenvalue weighted by atomic mass is 19.1. The molecule has 5 rings (SSSR count). The summed E-state index contributed by atoms with van der Waals surface area (Å²) in [5.74, 6) is -1.25. The van der Waals surface area contributed by atoms with E-state index in [1.807, 2.05) is 19.1 Å². The molecule has 1 N–H and O–H groups in total. The lowest BCUT2D eigenvalue weighted by Crippen LogP contribution is -2.22. The number of hydrogen-bond donors (Lipinski definition) is 1. The number of anilines is 1. The van der Waals surface area contributed by atoms with Crippen LogP contribution in [-0.4, -0.2) is 38.8 Å². The molecule has 1 saturated heterocycles.